The number of rotatable bonds is 8. The molecule has 0 spiro atoms. The first kappa shape index (κ1) is 14.7. The van der Waals surface area contributed by atoms with Crippen LogP contribution in [0.5, 0.6) is 0 Å². The van der Waals surface area contributed by atoms with E-state index in [-0.39, 0.29) is 0 Å². The molecule has 6 heteroatoms. The third-order valence-corrected chi connectivity index (χ3v) is 3.19. The largest absolute Gasteiger partial charge is 0.383 e. The Hall–Kier alpha value is -1.66. The quantitative estimate of drug-likeness (QED) is 0.737. The molecule has 0 aliphatic carbocycles. The molecule has 0 bridgehead atoms. The Bertz CT molecular complexity index is 531. The fraction of sp³-hybridized carbons (Fsp3) is 0.571. The average Bonchev–Trinajstić information content (AvgIpc) is 3.02. The van der Waals surface area contributed by atoms with Gasteiger partial charge in [0.15, 0.2) is 0 Å². The van der Waals surface area contributed by atoms with Gasteiger partial charge in [0, 0.05) is 32.6 Å². The van der Waals surface area contributed by atoms with Gasteiger partial charge in [0.1, 0.15) is 5.82 Å². The van der Waals surface area contributed by atoms with Crippen molar-refractivity contribution in [3.8, 4) is 0 Å². The summed E-state index contributed by atoms with van der Waals surface area (Å²) in [6, 6.07) is 2.13. The van der Waals surface area contributed by atoms with Crippen LogP contribution in [-0.4, -0.2) is 39.6 Å². The average molecular weight is 277 g/mol. The molecule has 2 heterocycles. The van der Waals surface area contributed by atoms with Crippen molar-refractivity contribution in [1.29, 1.82) is 0 Å². The first-order valence-electron chi connectivity index (χ1n) is 6.97. The number of nitrogens with zero attached hydrogens (tertiary/aromatic N) is 4. The van der Waals surface area contributed by atoms with Gasteiger partial charge in [0.2, 0.25) is 0 Å². The lowest BCUT2D eigenvalue weighted by Gasteiger charge is -2.10. The van der Waals surface area contributed by atoms with Crippen molar-refractivity contribution in [2.24, 2.45) is 0 Å². The molecule has 0 aliphatic heterocycles. The summed E-state index contributed by atoms with van der Waals surface area (Å²) in [6.07, 6.45) is 3.85. The summed E-state index contributed by atoms with van der Waals surface area (Å²) in [5.41, 5.74) is 2.27. The number of imidazole rings is 1. The molecule has 0 amide bonds. The highest BCUT2D eigenvalue weighted by atomic mass is 16.5. The number of hydrogen-bond acceptors (Lipinski definition) is 4. The van der Waals surface area contributed by atoms with Crippen molar-refractivity contribution in [3.63, 3.8) is 0 Å². The van der Waals surface area contributed by atoms with E-state index in [1.54, 1.807) is 7.11 Å². The van der Waals surface area contributed by atoms with Gasteiger partial charge in [-0.15, -0.1) is 0 Å². The standard InChI is InChI=1S/C14H23N5O/c1-4-19-13(9-12(2)17-19)11-18-7-5-16-14(18)10-15-6-8-20-3/h5,7,9,15H,4,6,8,10-11H2,1-3H3. The van der Waals surface area contributed by atoms with Crippen LogP contribution in [0.4, 0.5) is 0 Å². The predicted molar refractivity (Wildman–Crippen MR) is 77.5 cm³/mol. The Labute approximate surface area is 119 Å². The zero-order valence-electron chi connectivity index (χ0n) is 12.5. The van der Waals surface area contributed by atoms with Crippen molar-refractivity contribution >= 4 is 0 Å². The van der Waals surface area contributed by atoms with Gasteiger partial charge in [-0.25, -0.2) is 4.98 Å². The van der Waals surface area contributed by atoms with Crippen molar-refractivity contribution < 1.29 is 4.74 Å². The minimum Gasteiger partial charge on any atom is -0.383 e. The molecule has 0 fully saturated rings. The molecule has 0 unspecified atom stereocenters. The highest BCUT2D eigenvalue weighted by Gasteiger charge is 2.08. The topological polar surface area (TPSA) is 56.9 Å². The normalized spacial score (nSPS) is 11.2. The number of methoxy groups -OCH3 is 1. The van der Waals surface area contributed by atoms with Crippen molar-refractivity contribution in [1.82, 2.24) is 24.6 Å². The van der Waals surface area contributed by atoms with E-state index in [9.17, 15) is 0 Å². The van der Waals surface area contributed by atoms with Crippen LogP contribution in [0.3, 0.4) is 0 Å². The van der Waals surface area contributed by atoms with Gasteiger partial charge in [-0.2, -0.15) is 5.10 Å². The van der Waals surface area contributed by atoms with Crippen LogP contribution < -0.4 is 5.32 Å². The second-order valence-corrected chi connectivity index (χ2v) is 4.73. The van der Waals surface area contributed by atoms with E-state index in [4.69, 9.17) is 4.74 Å². The Kier molecular flexibility index (Phi) is 5.31. The summed E-state index contributed by atoms with van der Waals surface area (Å²) in [7, 11) is 1.71. The first-order chi connectivity index (χ1) is 9.74. The fourth-order valence-electron chi connectivity index (χ4n) is 2.20. The maximum absolute atomic E-state index is 5.02. The van der Waals surface area contributed by atoms with Crippen LogP contribution in [0, 0.1) is 6.92 Å². The zero-order valence-corrected chi connectivity index (χ0v) is 12.5. The highest BCUT2D eigenvalue weighted by Crippen LogP contribution is 2.08. The number of nitrogens with one attached hydrogen (secondary N) is 1. The van der Waals surface area contributed by atoms with Gasteiger partial charge in [0.05, 0.1) is 31.1 Å². The molecule has 0 aromatic carbocycles. The van der Waals surface area contributed by atoms with E-state index in [2.05, 4.69) is 33.0 Å². The molecule has 0 saturated heterocycles. The summed E-state index contributed by atoms with van der Waals surface area (Å²) >= 11 is 0. The van der Waals surface area contributed by atoms with Crippen LogP contribution in [0.2, 0.25) is 0 Å². The molecule has 1 N–H and O–H groups in total. The second kappa shape index (κ2) is 7.21. The van der Waals surface area contributed by atoms with Gasteiger partial charge in [0.25, 0.3) is 0 Å². The van der Waals surface area contributed by atoms with E-state index in [0.717, 1.165) is 37.7 Å². The van der Waals surface area contributed by atoms with Crippen molar-refractivity contribution in [2.75, 3.05) is 20.3 Å². The Morgan fingerprint density at radius 2 is 2.25 bits per heavy atom. The maximum atomic E-state index is 5.02. The number of hydrogen-bond donors (Lipinski definition) is 1. The van der Waals surface area contributed by atoms with Crippen LogP contribution in [0.1, 0.15) is 24.1 Å². The van der Waals surface area contributed by atoms with Gasteiger partial charge >= 0.3 is 0 Å². The van der Waals surface area contributed by atoms with Gasteiger partial charge < -0.3 is 14.6 Å². The number of aryl methyl sites for hydroxylation is 2. The van der Waals surface area contributed by atoms with E-state index < -0.39 is 0 Å². The molecule has 0 aliphatic rings. The third-order valence-electron chi connectivity index (χ3n) is 3.19. The fourth-order valence-corrected chi connectivity index (χ4v) is 2.20. The minimum absolute atomic E-state index is 0.711. The van der Waals surface area contributed by atoms with Gasteiger partial charge in [-0.1, -0.05) is 0 Å². The monoisotopic (exact) mass is 277 g/mol. The predicted octanol–water partition coefficient (Wildman–Crippen LogP) is 1.19. The summed E-state index contributed by atoms with van der Waals surface area (Å²) in [5, 5.41) is 7.79. The number of aromatic nitrogens is 4. The van der Waals surface area contributed by atoms with Gasteiger partial charge in [-0.05, 0) is 19.9 Å². The molecular weight excluding hydrogens is 254 g/mol. The summed E-state index contributed by atoms with van der Waals surface area (Å²) in [5.74, 6) is 1.03. The lowest BCUT2D eigenvalue weighted by Crippen LogP contribution is -2.21. The van der Waals surface area contributed by atoms with Gasteiger partial charge in [-0.3, -0.25) is 4.68 Å². The molecule has 20 heavy (non-hydrogen) atoms. The first-order valence-corrected chi connectivity index (χ1v) is 6.97. The summed E-state index contributed by atoms with van der Waals surface area (Å²) in [4.78, 5) is 4.40. The van der Waals surface area contributed by atoms with Crippen molar-refractivity contribution in [3.05, 3.63) is 35.7 Å². The molecule has 2 rings (SSSR count). The van der Waals surface area contributed by atoms with Crippen LogP contribution in [-0.2, 0) is 24.4 Å². The van der Waals surface area contributed by atoms with Crippen LogP contribution >= 0.6 is 0 Å². The third kappa shape index (κ3) is 3.68. The van der Waals surface area contributed by atoms with E-state index in [0.29, 0.717) is 6.61 Å². The van der Waals surface area contributed by atoms with E-state index in [1.807, 2.05) is 24.0 Å². The molecule has 2 aromatic rings. The Balaban J connectivity index is 2.00. The number of ether oxygens (including phenoxy) is 1. The Morgan fingerprint density at radius 1 is 1.40 bits per heavy atom. The lowest BCUT2D eigenvalue weighted by molar-refractivity contribution is 0.199. The molecule has 0 radical (unpaired) electrons. The molecule has 110 valence electrons. The summed E-state index contributed by atoms with van der Waals surface area (Å²) in [6.45, 7) is 8.11. The molecule has 2 aromatic heterocycles. The van der Waals surface area contributed by atoms with E-state index >= 15 is 0 Å². The molecule has 0 atom stereocenters. The van der Waals surface area contributed by atoms with Crippen LogP contribution in [0.15, 0.2) is 18.5 Å². The Morgan fingerprint density at radius 3 is 3.00 bits per heavy atom. The van der Waals surface area contributed by atoms with Crippen molar-refractivity contribution in [2.45, 2.75) is 33.5 Å². The van der Waals surface area contributed by atoms with Crippen LogP contribution in [0.25, 0.3) is 0 Å². The molecule has 0 saturated carbocycles. The smallest absolute Gasteiger partial charge is 0.123 e. The maximum Gasteiger partial charge on any atom is 0.123 e. The SMILES string of the molecule is CCn1nc(C)cc1Cn1ccnc1CNCCOC. The highest BCUT2D eigenvalue weighted by molar-refractivity contribution is 5.10. The van der Waals surface area contributed by atoms with E-state index in [1.165, 1.54) is 5.69 Å². The second-order valence-electron chi connectivity index (χ2n) is 4.73. The minimum atomic E-state index is 0.711. The zero-order chi connectivity index (χ0) is 14.4. The molecular formula is C14H23N5O. The summed E-state index contributed by atoms with van der Waals surface area (Å²) < 4.78 is 9.21. The lowest BCUT2D eigenvalue weighted by atomic mass is 10.3. The molecule has 6 nitrogen and oxygen atoms in total.